The lowest BCUT2D eigenvalue weighted by atomic mass is 10.0. The molecule has 13 heteroatoms. The van der Waals surface area contributed by atoms with Gasteiger partial charge in [-0.2, -0.15) is 13.2 Å². The van der Waals surface area contributed by atoms with E-state index in [4.69, 9.17) is 9.47 Å². The summed E-state index contributed by atoms with van der Waals surface area (Å²) in [7, 11) is 0. The largest absolute Gasteiger partial charge is 0.489 e. The number of amides is 2. The highest BCUT2D eigenvalue weighted by atomic mass is 32.1. The maximum Gasteiger partial charge on any atom is 0.416 e. The van der Waals surface area contributed by atoms with Crippen molar-refractivity contribution in [1.29, 1.82) is 0 Å². The lowest BCUT2D eigenvalue weighted by Gasteiger charge is -2.28. The van der Waals surface area contributed by atoms with Crippen LogP contribution in [-0.4, -0.2) is 50.9 Å². The number of hydrogen-bond donors (Lipinski definition) is 2. The minimum Gasteiger partial charge on any atom is -0.489 e. The topological polar surface area (TPSA) is 98.6 Å². The highest BCUT2D eigenvalue weighted by Crippen LogP contribution is 2.37. The molecule has 236 valence electrons. The summed E-state index contributed by atoms with van der Waals surface area (Å²) < 4.78 is 55.0. The number of carbonyl (C=O) groups excluding carboxylic acids is 2. The fourth-order valence-corrected chi connectivity index (χ4v) is 5.01. The van der Waals surface area contributed by atoms with Crippen molar-refractivity contribution in [2.45, 2.75) is 69.8 Å². The van der Waals surface area contributed by atoms with Crippen LogP contribution in [0.15, 0.2) is 55.3 Å². The van der Waals surface area contributed by atoms with E-state index in [1.807, 2.05) is 20.8 Å². The van der Waals surface area contributed by atoms with Crippen LogP contribution in [0.5, 0.6) is 5.75 Å². The van der Waals surface area contributed by atoms with Crippen molar-refractivity contribution in [3.63, 3.8) is 0 Å². The van der Waals surface area contributed by atoms with Crippen molar-refractivity contribution < 1.29 is 32.2 Å². The second-order valence-electron chi connectivity index (χ2n) is 11.4. The van der Waals surface area contributed by atoms with Gasteiger partial charge >= 0.3 is 6.18 Å². The quantitative estimate of drug-likeness (QED) is 0.104. The molecular formula is C31H36F3N5O4S. The first-order chi connectivity index (χ1) is 20.7. The average Bonchev–Trinajstić information content (AvgIpc) is 3.62. The molecule has 1 N–H and O–H groups in total. The molecule has 0 bridgehead atoms. The van der Waals surface area contributed by atoms with Crippen molar-refractivity contribution in [3.05, 3.63) is 71.9 Å². The summed E-state index contributed by atoms with van der Waals surface area (Å²) in [5.41, 5.74) is 1.11. The number of benzene rings is 2. The fourth-order valence-electron chi connectivity index (χ4n) is 4.82. The molecule has 0 saturated carbocycles. The number of halogens is 3. The lowest BCUT2D eigenvalue weighted by molar-refractivity contribution is -0.137. The molecule has 1 aliphatic heterocycles. The Balaban J connectivity index is 1.46. The summed E-state index contributed by atoms with van der Waals surface area (Å²) in [4.78, 5) is 23.7. The van der Waals surface area contributed by atoms with E-state index < -0.39 is 22.2 Å². The maximum absolute atomic E-state index is 13.9. The molecular weight excluding hydrogens is 595 g/mol. The normalized spacial score (nSPS) is 14.6. The van der Waals surface area contributed by atoms with E-state index in [1.54, 1.807) is 35.4 Å². The van der Waals surface area contributed by atoms with E-state index in [0.717, 1.165) is 17.7 Å². The minimum atomic E-state index is -4.58. The molecule has 3 aromatic rings. The van der Waals surface area contributed by atoms with Crippen LogP contribution in [0.4, 0.5) is 18.9 Å². The first kappa shape index (κ1) is 33.1. The zero-order chi connectivity index (χ0) is 32.1. The van der Waals surface area contributed by atoms with Gasteiger partial charge in [-0.25, -0.2) is 0 Å². The van der Waals surface area contributed by atoms with Gasteiger partial charge in [-0.15, -0.1) is 17.7 Å². The molecule has 4 rings (SSSR count). The van der Waals surface area contributed by atoms with E-state index in [1.165, 1.54) is 10.8 Å². The predicted octanol–water partition coefficient (Wildman–Crippen LogP) is 5.59. The Bertz CT molecular complexity index is 1510. The van der Waals surface area contributed by atoms with Gasteiger partial charge in [0.05, 0.1) is 24.1 Å². The predicted molar refractivity (Wildman–Crippen MR) is 163 cm³/mol. The third-order valence-electron chi connectivity index (χ3n) is 7.37. The van der Waals surface area contributed by atoms with Gasteiger partial charge < -0.3 is 19.7 Å². The summed E-state index contributed by atoms with van der Waals surface area (Å²) in [5.74, 6) is 0.281. The lowest BCUT2D eigenvalue weighted by Crippen LogP contribution is -2.40. The molecule has 0 saturated heterocycles. The monoisotopic (exact) mass is 631 g/mol. The molecule has 2 amide bonds. The molecule has 44 heavy (non-hydrogen) atoms. The van der Waals surface area contributed by atoms with Gasteiger partial charge in [0.25, 0.3) is 0 Å². The third-order valence-corrected chi connectivity index (χ3v) is 7.72. The Morgan fingerprint density at radius 1 is 1.18 bits per heavy atom. The Labute approximate surface area is 259 Å². The number of hydrogen-bond acceptors (Lipinski definition) is 7. The number of thiol groups is 1. The number of anilines is 1. The SMILES string of the molecule is C=CC(=O)N1CCc2c(OCc3cc(-c4cn(CCC(C)(S)OCCC(C)(C)NC=O)nn4)cc(C(F)(F)F)c3)cccc21. The molecule has 1 unspecified atom stereocenters. The van der Waals surface area contributed by atoms with E-state index >= 15 is 0 Å². The van der Waals surface area contributed by atoms with Crippen LogP contribution >= 0.6 is 12.6 Å². The summed E-state index contributed by atoms with van der Waals surface area (Å²) in [6, 6.07) is 8.98. The standard InChI is InChI=1S/C31H36F3N5O4S/c1-5-28(41)39-12-9-24-26(39)7-6-8-27(24)42-19-21-15-22(17-23(16-21)31(32,33)34)25-18-38(37-36-25)13-10-30(4,44)43-14-11-29(2,3)35-20-40/h5-8,15-18,20,44H,1,9-14,19H2,2-4H3,(H,35,40). The zero-order valence-corrected chi connectivity index (χ0v) is 25.8. The van der Waals surface area contributed by atoms with Crippen molar-refractivity contribution in [2.75, 3.05) is 18.1 Å². The number of rotatable bonds is 14. The summed E-state index contributed by atoms with van der Waals surface area (Å²) >= 11 is 4.60. The number of nitrogens with zero attached hydrogens (tertiary/aromatic N) is 4. The van der Waals surface area contributed by atoms with Crippen LogP contribution in [-0.2, 0) is 40.1 Å². The van der Waals surface area contributed by atoms with E-state index in [-0.39, 0.29) is 23.8 Å². The second kappa shape index (κ2) is 13.4. The molecule has 0 aliphatic carbocycles. The molecule has 1 atom stereocenters. The van der Waals surface area contributed by atoms with Crippen LogP contribution in [0.25, 0.3) is 11.3 Å². The van der Waals surface area contributed by atoms with Crippen molar-refractivity contribution in [2.24, 2.45) is 0 Å². The number of aromatic nitrogens is 3. The van der Waals surface area contributed by atoms with Gasteiger partial charge in [0.1, 0.15) is 23.0 Å². The van der Waals surface area contributed by atoms with Crippen LogP contribution < -0.4 is 15.0 Å². The Morgan fingerprint density at radius 2 is 1.95 bits per heavy atom. The average molecular weight is 632 g/mol. The second-order valence-corrected chi connectivity index (χ2v) is 12.4. The van der Waals surface area contributed by atoms with Gasteiger partial charge in [0.15, 0.2) is 0 Å². The highest BCUT2D eigenvalue weighted by molar-refractivity contribution is 7.81. The number of aryl methyl sites for hydroxylation is 1. The summed E-state index contributed by atoms with van der Waals surface area (Å²) in [5, 5.41) is 10.9. The van der Waals surface area contributed by atoms with Gasteiger partial charge in [-0.3, -0.25) is 14.3 Å². The minimum absolute atomic E-state index is 0.120. The van der Waals surface area contributed by atoms with Gasteiger partial charge in [0, 0.05) is 36.2 Å². The maximum atomic E-state index is 13.9. The van der Waals surface area contributed by atoms with E-state index in [2.05, 4.69) is 34.8 Å². The molecule has 1 aromatic heterocycles. The van der Waals surface area contributed by atoms with E-state index in [0.29, 0.717) is 62.4 Å². The van der Waals surface area contributed by atoms with Crippen molar-refractivity contribution >= 4 is 30.6 Å². The van der Waals surface area contributed by atoms with Crippen molar-refractivity contribution in [3.8, 4) is 17.0 Å². The molecule has 9 nitrogen and oxygen atoms in total. The van der Waals surface area contributed by atoms with Gasteiger partial charge in [-0.05, 0) is 75.6 Å². The summed E-state index contributed by atoms with van der Waals surface area (Å²) in [6.45, 7) is 10.2. The first-order valence-electron chi connectivity index (χ1n) is 14.1. The fraction of sp³-hybridized carbons (Fsp3) is 0.419. The highest BCUT2D eigenvalue weighted by Gasteiger charge is 2.32. The smallest absolute Gasteiger partial charge is 0.416 e. The molecule has 0 spiro atoms. The number of fused-ring (bicyclic) bond motifs is 1. The van der Waals surface area contributed by atoms with E-state index in [9.17, 15) is 22.8 Å². The molecule has 2 aromatic carbocycles. The summed E-state index contributed by atoms with van der Waals surface area (Å²) in [6.07, 6.45) is 0.480. The molecule has 1 aliphatic rings. The molecule has 0 fully saturated rings. The Hall–Kier alpha value is -3.84. The molecule has 2 heterocycles. The number of ether oxygens (including phenoxy) is 2. The van der Waals surface area contributed by atoms with Crippen LogP contribution in [0, 0.1) is 0 Å². The van der Waals surface area contributed by atoms with Gasteiger partial charge in [-0.1, -0.05) is 17.9 Å². The molecule has 0 radical (unpaired) electrons. The Morgan fingerprint density at radius 3 is 2.66 bits per heavy atom. The number of carbonyl (C=O) groups is 2. The van der Waals surface area contributed by atoms with Gasteiger partial charge in [0.2, 0.25) is 12.3 Å². The first-order valence-corrected chi connectivity index (χ1v) is 14.5. The van der Waals surface area contributed by atoms with Crippen LogP contribution in [0.3, 0.4) is 0 Å². The van der Waals surface area contributed by atoms with Crippen molar-refractivity contribution in [1.82, 2.24) is 20.3 Å². The van der Waals surface area contributed by atoms with Crippen LogP contribution in [0.1, 0.15) is 50.3 Å². The van der Waals surface area contributed by atoms with Crippen LogP contribution in [0.2, 0.25) is 0 Å². The Kier molecular flexibility index (Phi) is 10.1. The number of nitrogens with one attached hydrogen (secondary N) is 1. The number of alkyl halides is 3. The zero-order valence-electron chi connectivity index (χ0n) is 24.9. The third kappa shape index (κ3) is 8.41.